The van der Waals surface area contributed by atoms with Crippen LogP contribution in [0.4, 0.5) is 0 Å². The number of hydrogen-bond donors (Lipinski definition) is 0. The first kappa shape index (κ1) is 12.8. The van der Waals surface area contributed by atoms with Gasteiger partial charge < -0.3 is 14.2 Å². The number of sulfonamides is 1. The highest BCUT2D eigenvalue weighted by atomic mass is 32.2. The normalized spacial score (nSPS) is 35.6. The summed E-state index contributed by atoms with van der Waals surface area (Å²) in [6.07, 6.45) is 1.91. The summed E-state index contributed by atoms with van der Waals surface area (Å²) in [6, 6.07) is -0.160. The largest absolute Gasteiger partial charge is 0.378 e. The topological polar surface area (TPSA) is 65.1 Å². The minimum atomic E-state index is -3.26. The van der Waals surface area contributed by atoms with Crippen molar-refractivity contribution >= 4 is 10.0 Å². The third kappa shape index (κ3) is 2.18. The zero-order valence-electron chi connectivity index (χ0n) is 10.3. The van der Waals surface area contributed by atoms with E-state index in [2.05, 4.69) is 0 Å². The molecule has 0 bridgehead atoms. The van der Waals surface area contributed by atoms with E-state index < -0.39 is 10.0 Å². The summed E-state index contributed by atoms with van der Waals surface area (Å²) in [7, 11) is -3.26. The van der Waals surface area contributed by atoms with Gasteiger partial charge in [0.25, 0.3) is 0 Å². The second-order valence-corrected chi connectivity index (χ2v) is 7.17. The molecule has 3 fully saturated rings. The quantitative estimate of drug-likeness (QED) is 0.702. The molecule has 0 aliphatic carbocycles. The van der Waals surface area contributed by atoms with E-state index in [9.17, 15) is 8.42 Å². The number of hydrogen-bond acceptors (Lipinski definition) is 5. The van der Waals surface area contributed by atoms with Gasteiger partial charge in [-0.15, -0.1) is 0 Å². The molecule has 0 aromatic rings. The van der Waals surface area contributed by atoms with E-state index in [0.29, 0.717) is 33.0 Å². The molecule has 7 heteroatoms. The second-order valence-electron chi connectivity index (χ2n) is 5.01. The maximum atomic E-state index is 12.5. The van der Waals surface area contributed by atoms with E-state index in [4.69, 9.17) is 14.2 Å². The lowest BCUT2D eigenvalue weighted by molar-refractivity contribution is -0.0361. The van der Waals surface area contributed by atoms with Crippen molar-refractivity contribution in [3.63, 3.8) is 0 Å². The molecule has 0 spiro atoms. The van der Waals surface area contributed by atoms with Crippen LogP contribution in [0.3, 0.4) is 0 Å². The molecule has 0 saturated carbocycles. The van der Waals surface area contributed by atoms with Crippen LogP contribution in [0.5, 0.6) is 0 Å². The van der Waals surface area contributed by atoms with Crippen LogP contribution >= 0.6 is 0 Å². The molecule has 0 aromatic carbocycles. The Bertz CT molecular complexity index is 388. The van der Waals surface area contributed by atoms with Gasteiger partial charge in [0, 0.05) is 13.2 Å². The van der Waals surface area contributed by atoms with Gasteiger partial charge in [0.2, 0.25) is 10.0 Å². The van der Waals surface area contributed by atoms with Crippen LogP contribution in [-0.2, 0) is 24.2 Å². The Hall–Kier alpha value is -0.210. The van der Waals surface area contributed by atoms with Crippen molar-refractivity contribution < 1.29 is 22.6 Å². The summed E-state index contributed by atoms with van der Waals surface area (Å²) >= 11 is 0. The van der Waals surface area contributed by atoms with E-state index in [1.165, 1.54) is 0 Å². The lowest BCUT2D eigenvalue weighted by atomic mass is 10.1. The molecule has 3 aliphatic rings. The van der Waals surface area contributed by atoms with Crippen LogP contribution in [-0.4, -0.2) is 69.7 Å². The van der Waals surface area contributed by atoms with E-state index in [1.54, 1.807) is 4.31 Å². The summed E-state index contributed by atoms with van der Waals surface area (Å²) in [5.74, 6) is 0. The van der Waals surface area contributed by atoms with Gasteiger partial charge >= 0.3 is 0 Å². The summed E-state index contributed by atoms with van der Waals surface area (Å²) in [5, 5.41) is -0.375. The first-order valence-electron chi connectivity index (χ1n) is 6.47. The van der Waals surface area contributed by atoms with Gasteiger partial charge in [0.1, 0.15) is 5.25 Å². The Morgan fingerprint density at radius 2 is 1.89 bits per heavy atom. The maximum absolute atomic E-state index is 12.5. The average molecular weight is 277 g/mol. The predicted octanol–water partition coefficient (Wildman–Crippen LogP) is -0.405. The highest BCUT2D eigenvalue weighted by molar-refractivity contribution is 7.89. The molecular formula is C11H19NO5S. The summed E-state index contributed by atoms with van der Waals surface area (Å²) in [4.78, 5) is 0. The van der Waals surface area contributed by atoms with Gasteiger partial charge in [0.05, 0.1) is 38.6 Å². The Labute approximate surface area is 107 Å². The van der Waals surface area contributed by atoms with Crippen LogP contribution in [0.25, 0.3) is 0 Å². The van der Waals surface area contributed by atoms with E-state index >= 15 is 0 Å². The summed E-state index contributed by atoms with van der Waals surface area (Å²) < 4.78 is 42.6. The first-order chi connectivity index (χ1) is 8.69. The second kappa shape index (κ2) is 5.05. The molecule has 2 unspecified atom stereocenters. The van der Waals surface area contributed by atoms with E-state index in [0.717, 1.165) is 19.4 Å². The third-order valence-electron chi connectivity index (χ3n) is 3.86. The van der Waals surface area contributed by atoms with Crippen LogP contribution in [0, 0.1) is 0 Å². The summed E-state index contributed by atoms with van der Waals surface area (Å²) in [5.41, 5.74) is 0. The van der Waals surface area contributed by atoms with E-state index in [-0.39, 0.29) is 17.4 Å². The van der Waals surface area contributed by atoms with Gasteiger partial charge in [0.15, 0.2) is 0 Å². The van der Waals surface area contributed by atoms with Gasteiger partial charge in [-0.1, -0.05) is 0 Å². The van der Waals surface area contributed by atoms with Crippen molar-refractivity contribution in [1.82, 2.24) is 4.31 Å². The lowest BCUT2D eigenvalue weighted by Crippen LogP contribution is -2.59. The van der Waals surface area contributed by atoms with Crippen LogP contribution in [0.1, 0.15) is 12.8 Å². The zero-order valence-corrected chi connectivity index (χ0v) is 11.1. The minimum absolute atomic E-state index is 0.0129. The molecule has 3 saturated heterocycles. The average Bonchev–Trinajstić information content (AvgIpc) is 2.79. The number of morpholine rings is 1. The van der Waals surface area contributed by atoms with Gasteiger partial charge in [-0.05, 0) is 12.8 Å². The number of rotatable bonds is 3. The SMILES string of the molecule is O=S(=O)(C1COC1)N1CCOCC1C1CCCO1. The Morgan fingerprint density at radius 3 is 2.50 bits per heavy atom. The van der Waals surface area contributed by atoms with Crippen molar-refractivity contribution in [3.8, 4) is 0 Å². The molecule has 0 radical (unpaired) electrons. The molecule has 18 heavy (non-hydrogen) atoms. The van der Waals surface area contributed by atoms with Gasteiger partial charge in [-0.25, -0.2) is 8.42 Å². The minimum Gasteiger partial charge on any atom is -0.378 e. The lowest BCUT2D eigenvalue weighted by Gasteiger charge is -2.40. The fraction of sp³-hybridized carbons (Fsp3) is 1.00. The highest BCUT2D eigenvalue weighted by Gasteiger charge is 2.44. The fourth-order valence-corrected chi connectivity index (χ4v) is 4.52. The standard InChI is InChI=1S/C11H19NO5S/c13-18(14,9-6-16-7-9)12-3-5-15-8-10(12)11-2-1-4-17-11/h9-11H,1-8H2. The molecule has 0 amide bonds. The molecular weight excluding hydrogens is 258 g/mol. The number of nitrogens with zero attached hydrogens (tertiary/aromatic N) is 1. The maximum Gasteiger partial charge on any atom is 0.222 e. The smallest absolute Gasteiger partial charge is 0.222 e. The Balaban J connectivity index is 1.78. The fourth-order valence-electron chi connectivity index (χ4n) is 2.70. The molecule has 104 valence electrons. The van der Waals surface area contributed by atoms with Crippen molar-refractivity contribution in [1.29, 1.82) is 0 Å². The molecule has 3 rings (SSSR count). The number of ether oxygens (including phenoxy) is 3. The first-order valence-corrected chi connectivity index (χ1v) is 7.97. The Kier molecular flexibility index (Phi) is 3.59. The third-order valence-corrected chi connectivity index (χ3v) is 6.09. The highest BCUT2D eigenvalue weighted by Crippen LogP contribution is 2.27. The van der Waals surface area contributed by atoms with Gasteiger partial charge in [-0.2, -0.15) is 4.31 Å². The molecule has 3 aliphatic heterocycles. The molecule has 6 nitrogen and oxygen atoms in total. The van der Waals surface area contributed by atoms with E-state index in [1.807, 2.05) is 0 Å². The van der Waals surface area contributed by atoms with Crippen molar-refractivity contribution in [2.24, 2.45) is 0 Å². The van der Waals surface area contributed by atoms with Crippen molar-refractivity contribution in [2.45, 2.75) is 30.2 Å². The Morgan fingerprint density at radius 1 is 1.06 bits per heavy atom. The van der Waals surface area contributed by atoms with Crippen LogP contribution < -0.4 is 0 Å². The van der Waals surface area contributed by atoms with Crippen LogP contribution in [0.15, 0.2) is 0 Å². The molecule has 2 atom stereocenters. The zero-order chi connectivity index (χ0) is 12.6. The predicted molar refractivity (Wildman–Crippen MR) is 63.8 cm³/mol. The van der Waals surface area contributed by atoms with Crippen molar-refractivity contribution in [2.75, 3.05) is 39.6 Å². The molecule has 0 N–H and O–H groups in total. The molecule has 3 heterocycles. The van der Waals surface area contributed by atoms with Crippen molar-refractivity contribution in [3.05, 3.63) is 0 Å². The molecule has 0 aromatic heterocycles. The summed E-state index contributed by atoms with van der Waals surface area (Å²) in [6.45, 7) is 2.70. The van der Waals surface area contributed by atoms with Gasteiger partial charge in [-0.3, -0.25) is 0 Å². The van der Waals surface area contributed by atoms with Crippen LogP contribution in [0.2, 0.25) is 0 Å². The monoisotopic (exact) mass is 277 g/mol.